The fourth-order valence-electron chi connectivity index (χ4n) is 1.87. The maximum absolute atomic E-state index is 11.4. The Labute approximate surface area is 124 Å². The Hall–Kier alpha value is -2.60. The van der Waals surface area contributed by atoms with Crippen LogP contribution in [0.3, 0.4) is 0 Å². The van der Waals surface area contributed by atoms with E-state index in [1.54, 1.807) is 12.1 Å². The average molecular weight is 297 g/mol. The SMILES string of the molecule is O=Cc1ccc(NSc2cccc3ncc(=O)[nH]c23)cc1. The van der Waals surface area contributed by atoms with Crippen molar-refractivity contribution in [3.8, 4) is 0 Å². The van der Waals surface area contributed by atoms with Crippen molar-refractivity contribution in [1.29, 1.82) is 0 Å². The molecule has 0 spiro atoms. The van der Waals surface area contributed by atoms with Crippen molar-refractivity contribution in [2.45, 2.75) is 4.90 Å². The Morgan fingerprint density at radius 2 is 1.95 bits per heavy atom. The van der Waals surface area contributed by atoms with Crippen molar-refractivity contribution in [2.75, 3.05) is 4.72 Å². The number of aromatic amines is 1. The molecule has 0 saturated heterocycles. The molecule has 5 nitrogen and oxygen atoms in total. The lowest BCUT2D eigenvalue weighted by Crippen LogP contribution is -2.05. The van der Waals surface area contributed by atoms with Gasteiger partial charge in [0, 0.05) is 11.3 Å². The molecule has 21 heavy (non-hydrogen) atoms. The van der Waals surface area contributed by atoms with Crippen molar-refractivity contribution in [3.05, 3.63) is 64.6 Å². The first kappa shape index (κ1) is 13.4. The number of benzene rings is 2. The van der Waals surface area contributed by atoms with Gasteiger partial charge in [0.1, 0.15) is 6.29 Å². The molecule has 0 bridgehead atoms. The second-order valence-electron chi connectivity index (χ2n) is 4.34. The van der Waals surface area contributed by atoms with Crippen LogP contribution >= 0.6 is 11.9 Å². The predicted molar refractivity (Wildman–Crippen MR) is 83.7 cm³/mol. The molecule has 3 aromatic rings. The fourth-order valence-corrected chi connectivity index (χ4v) is 2.63. The summed E-state index contributed by atoms with van der Waals surface area (Å²) in [5, 5.41) is 0. The molecule has 1 heterocycles. The Morgan fingerprint density at radius 3 is 2.71 bits per heavy atom. The molecule has 0 fully saturated rings. The second kappa shape index (κ2) is 5.80. The minimum absolute atomic E-state index is 0.231. The number of aromatic nitrogens is 2. The molecular weight excluding hydrogens is 286 g/mol. The summed E-state index contributed by atoms with van der Waals surface area (Å²) in [4.78, 5) is 29.8. The van der Waals surface area contributed by atoms with E-state index < -0.39 is 0 Å². The van der Waals surface area contributed by atoms with E-state index in [0.717, 1.165) is 22.4 Å². The average Bonchev–Trinajstić information content (AvgIpc) is 2.53. The minimum atomic E-state index is -0.231. The van der Waals surface area contributed by atoms with Crippen LogP contribution in [0.25, 0.3) is 11.0 Å². The summed E-state index contributed by atoms with van der Waals surface area (Å²) in [6, 6.07) is 12.7. The number of H-pyrrole nitrogens is 1. The largest absolute Gasteiger partial charge is 0.326 e. The highest BCUT2D eigenvalue weighted by molar-refractivity contribution is 8.00. The van der Waals surface area contributed by atoms with Crippen LogP contribution in [-0.2, 0) is 0 Å². The van der Waals surface area contributed by atoms with Gasteiger partial charge in [0.2, 0.25) is 0 Å². The van der Waals surface area contributed by atoms with E-state index in [1.165, 1.54) is 18.1 Å². The molecule has 3 rings (SSSR count). The lowest BCUT2D eigenvalue weighted by atomic mass is 10.2. The molecule has 0 amide bonds. The molecule has 0 aliphatic heterocycles. The van der Waals surface area contributed by atoms with Gasteiger partial charge in [-0.3, -0.25) is 9.59 Å². The molecule has 6 heteroatoms. The first-order valence-corrected chi connectivity index (χ1v) is 7.04. The highest BCUT2D eigenvalue weighted by Gasteiger charge is 2.04. The Morgan fingerprint density at radius 1 is 1.14 bits per heavy atom. The molecule has 0 aliphatic carbocycles. The third kappa shape index (κ3) is 2.95. The van der Waals surface area contributed by atoms with E-state index in [-0.39, 0.29) is 5.56 Å². The smallest absolute Gasteiger partial charge is 0.266 e. The number of nitrogens with one attached hydrogen (secondary N) is 2. The molecule has 0 aliphatic rings. The van der Waals surface area contributed by atoms with Crippen LogP contribution in [0, 0.1) is 0 Å². The Bertz CT molecular complexity index is 843. The maximum Gasteiger partial charge on any atom is 0.266 e. The first-order chi connectivity index (χ1) is 10.3. The zero-order valence-electron chi connectivity index (χ0n) is 10.9. The van der Waals surface area contributed by atoms with Gasteiger partial charge in [0.05, 0.1) is 22.1 Å². The third-order valence-electron chi connectivity index (χ3n) is 2.90. The van der Waals surface area contributed by atoms with Crippen molar-refractivity contribution in [3.63, 3.8) is 0 Å². The van der Waals surface area contributed by atoms with Gasteiger partial charge < -0.3 is 9.71 Å². The Balaban J connectivity index is 1.85. The van der Waals surface area contributed by atoms with Crippen molar-refractivity contribution >= 4 is 35.0 Å². The minimum Gasteiger partial charge on any atom is -0.326 e. The van der Waals surface area contributed by atoms with Gasteiger partial charge in [0.25, 0.3) is 5.56 Å². The summed E-state index contributed by atoms with van der Waals surface area (Å²) in [5.41, 5.74) is 2.70. The molecular formula is C15H11N3O2S. The van der Waals surface area contributed by atoms with Crippen LogP contribution in [0.2, 0.25) is 0 Å². The summed E-state index contributed by atoms with van der Waals surface area (Å²) in [6.07, 6.45) is 2.07. The first-order valence-electron chi connectivity index (χ1n) is 6.22. The van der Waals surface area contributed by atoms with Crippen LogP contribution in [0.1, 0.15) is 10.4 Å². The van der Waals surface area contributed by atoms with Gasteiger partial charge in [-0.25, -0.2) is 4.98 Å². The lowest BCUT2D eigenvalue weighted by molar-refractivity contribution is 0.112. The normalized spacial score (nSPS) is 10.5. The van der Waals surface area contributed by atoms with Crippen LogP contribution in [0.15, 0.2) is 58.4 Å². The van der Waals surface area contributed by atoms with E-state index in [0.29, 0.717) is 11.1 Å². The van der Waals surface area contributed by atoms with Crippen LogP contribution in [0.4, 0.5) is 5.69 Å². The van der Waals surface area contributed by atoms with E-state index in [9.17, 15) is 9.59 Å². The summed E-state index contributed by atoms with van der Waals surface area (Å²) < 4.78 is 3.17. The molecule has 0 atom stereocenters. The summed E-state index contributed by atoms with van der Waals surface area (Å²) in [7, 11) is 0. The fraction of sp³-hybridized carbons (Fsp3) is 0. The number of carbonyl (C=O) groups is 1. The number of aldehydes is 1. The van der Waals surface area contributed by atoms with E-state index in [1.807, 2.05) is 30.3 Å². The van der Waals surface area contributed by atoms with Gasteiger partial charge >= 0.3 is 0 Å². The van der Waals surface area contributed by atoms with Gasteiger partial charge in [-0.1, -0.05) is 6.07 Å². The number of hydrogen-bond acceptors (Lipinski definition) is 5. The van der Waals surface area contributed by atoms with Crippen LogP contribution in [0.5, 0.6) is 0 Å². The summed E-state index contributed by atoms with van der Waals surface area (Å²) >= 11 is 1.38. The van der Waals surface area contributed by atoms with E-state index >= 15 is 0 Å². The quantitative estimate of drug-likeness (QED) is 0.572. The molecule has 104 valence electrons. The van der Waals surface area contributed by atoms with Crippen LogP contribution < -0.4 is 10.3 Å². The number of rotatable bonds is 4. The third-order valence-corrected chi connectivity index (χ3v) is 3.80. The van der Waals surface area contributed by atoms with Crippen molar-refractivity contribution < 1.29 is 4.79 Å². The van der Waals surface area contributed by atoms with E-state index in [4.69, 9.17) is 0 Å². The molecule has 2 aromatic carbocycles. The highest BCUT2D eigenvalue weighted by Crippen LogP contribution is 2.26. The van der Waals surface area contributed by atoms with Crippen molar-refractivity contribution in [1.82, 2.24) is 9.97 Å². The molecule has 0 unspecified atom stereocenters. The van der Waals surface area contributed by atoms with Gasteiger partial charge in [-0.2, -0.15) is 0 Å². The number of hydrogen-bond donors (Lipinski definition) is 2. The molecule has 0 radical (unpaired) electrons. The lowest BCUT2D eigenvalue weighted by Gasteiger charge is -2.07. The number of fused-ring (bicyclic) bond motifs is 1. The maximum atomic E-state index is 11.4. The van der Waals surface area contributed by atoms with E-state index in [2.05, 4.69) is 14.7 Å². The van der Waals surface area contributed by atoms with Gasteiger partial charge in [-0.15, -0.1) is 0 Å². The van der Waals surface area contributed by atoms with Crippen molar-refractivity contribution in [2.24, 2.45) is 0 Å². The predicted octanol–water partition coefficient (Wildman–Crippen LogP) is 2.85. The second-order valence-corrected chi connectivity index (χ2v) is 5.19. The molecule has 1 aromatic heterocycles. The summed E-state index contributed by atoms with van der Waals surface area (Å²) in [6.45, 7) is 0. The highest BCUT2D eigenvalue weighted by atomic mass is 32.2. The van der Waals surface area contributed by atoms with Crippen LogP contribution in [-0.4, -0.2) is 16.3 Å². The Kier molecular flexibility index (Phi) is 3.70. The molecule has 0 saturated carbocycles. The topological polar surface area (TPSA) is 74.8 Å². The number of nitrogens with zero attached hydrogens (tertiary/aromatic N) is 1. The standard InChI is InChI=1S/C15H11N3O2S/c19-9-10-4-6-11(7-5-10)18-21-13-3-1-2-12-15(13)17-14(20)8-16-12/h1-9,18H,(H,17,20). The van der Waals surface area contributed by atoms with Gasteiger partial charge in [-0.05, 0) is 48.3 Å². The van der Waals surface area contributed by atoms with Gasteiger partial charge in [0.15, 0.2) is 0 Å². The number of anilines is 1. The number of carbonyl (C=O) groups excluding carboxylic acids is 1. The number of para-hydroxylation sites is 1. The molecule has 2 N–H and O–H groups in total. The summed E-state index contributed by atoms with van der Waals surface area (Å²) in [5.74, 6) is 0. The monoisotopic (exact) mass is 297 g/mol. The zero-order valence-corrected chi connectivity index (χ0v) is 11.7. The zero-order chi connectivity index (χ0) is 14.7.